The van der Waals surface area contributed by atoms with Crippen LogP contribution in [0, 0.1) is 5.92 Å². The SMILES string of the molecule is NCCc1ccc(S(=O)(=O)N2CCCC(C(F)(F)F)C2)s1. The second-order valence-electron chi connectivity index (χ2n) is 5.00. The van der Waals surface area contributed by atoms with Crippen LogP contribution in [0.2, 0.25) is 0 Å². The maximum absolute atomic E-state index is 12.8. The highest BCUT2D eigenvalue weighted by atomic mass is 32.2. The molecular weight excluding hydrogens is 325 g/mol. The summed E-state index contributed by atoms with van der Waals surface area (Å²) >= 11 is 1.08. The topological polar surface area (TPSA) is 63.4 Å². The van der Waals surface area contributed by atoms with Crippen molar-refractivity contribution in [2.24, 2.45) is 11.7 Å². The molecule has 1 unspecified atom stereocenters. The maximum Gasteiger partial charge on any atom is 0.393 e. The predicted octanol–water partition coefficient (Wildman–Crippen LogP) is 2.21. The number of sulfonamides is 1. The fourth-order valence-corrected chi connectivity index (χ4v) is 5.38. The van der Waals surface area contributed by atoms with Gasteiger partial charge in [0, 0.05) is 18.0 Å². The lowest BCUT2D eigenvalue weighted by Crippen LogP contribution is -2.44. The standard InChI is InChI=1S/C12H17F3N2O2S2/c13-12(14,15)9-2-1-7-17(8-9)21(18,19)11-4-3-10(20-11)5-6-16/h3-4,9H,1-2,5-8,16H2. The van der Waals surface area contributed by atoms with Crippen LogP contribution < -0.4 is 5.73 Å². The summed E-state index contributed by atoms with van der Waals surface area (Å²) in [5, 5.41) is 0. The minimum absolute atomic E-state index is 0.0155. The summed E-state index contributed by atoms with van der Waals surface area (Å²) < 4.78 is 64.2. The van der Waals surface area contributed by atoms with E-state index < -0.39 is 28.7 Å². The molecule has 0 bridgehead atoms. The third-order valence-electron chi connectivity index (χ3n) is 3.47. The number of hydrogen-bond donors (Lipinski definition) is 1. The van der Waals surface area contributed by atoms with E-state index in [1.54, 1.807) is 6.07 Å². The Bertz CT molecular complexity index is 584. The van der Waals surface area contributed by atoms with E-state index in [-0.39, 0.29) is 23.6 Å². The summed E-state index contributed by atoms with van der Waals surface area (Å²) in [5.74, 6) is -1.58. The molecule has 0 saturated carbocycles. The summed E-state index contributed by atoms with van der Waals surface area (Å²) in [6, 6.07) is 3.11. The highest BCUT2D eigenvalue weighted by molar-refractivity contribution is 7.91. The lowest BCUT2D eigenvalue weighted by Gasteiger charge is -2.32. The van der Waals surface area contributed by atoms with Crippen molar-refractivity contribution in [3.05, 3.63) is 17.0 Å². The maximum atomic E-state index is 12.8. The summed E-state index contributed by atoms with van der Waals surface area (Å²) in [7, 11) is -3.84. The molecule has 2 rings (SSSR count). The monoisotopic (exact) mass is 342 g/mol. The molecule has 1 aliphatic heterocycles. The highest BCUT2D eigenvalue weighted by Gasteiger charge is 2.44. The molecule has 1 fully saturated rings. The van der Waals surface area contributed by atoms with Gasteiger partial charge in [0.25, 0.3) is 10.0 Å². The van der Waals surface area contributed by atoms with Gasteiger partial charge in [-0.3, -0.25) is 0 Å². The van der Waals surface area contributed by atoms with Crippen LogP contribution >= 0.6 is 11.3 Å². The van der Waals surface area contributed by atoms with Crippen molar-refractivity contribution < 1.29 is 21.6 Å². The van der Waals surface area contributed by atoms with Gasteiger partial charge in [-0.2, -0.15) is 17.5 Å². The van der Waals surface area contributed by atoms with Gasteiger partial charge in [0.15, 0.2) is 0 Å². The summed E-state index contributed by atoms with van der Waals surface area (Å²) in [4.78, 5) is 0.820. The fraction of sp³-hybridized carbons (Fsp3) is 0.667. The van der Waals surface area contributed by atoms with Crippen molar-refractivity contribution in [1.29, 1.82) is 0 Å². The molecule has 0 aromatic carbocycles. The van der Waals surface area contributed by atoms with E-state index in [0.717, 1.165) is 20.5 Å². The summed E-state index contributed by atoms with van der Waals surface area (Å²) in [6.07, 6.45) is -3.58. The molecule has 9 heteroatoms. The molecule has 0 spiro atoms. The third-order valence-corrected chi connectivity index (χ3v) is 6.95. The Morgan fingerprint density at radius 1 is 1.38 bits per heavy atom. The van der Waals surface area contributed by atoms with Crippen molar-refractivity contribution in [3.8, 4) is 0 Å². The average Bonchev–Trinajstić information content (AvgIpc) is 2.88. The van der Waals surface area contributed by atoms with E-state index in [4.69, 9.17) is 5.73 Å². The lowest BCUT2D eigenvalue weighted by atomic mass is 9.99. The van der Waals surface area contributed by atoms with Crippen LogP contribution in [-0.2, 0) is 16.4 Å². The zero-order chi connectivity index (χ0) is 15.7. The van der Waals surface area contributed by atoms with E-state index in [2.05, 4.69) is 0 Å². The molecule has 1 aromatic heterocycles. The summed E-state index contributed by atoms with van der Waals surface area (Å²) in [6.45, 7) is 0.0505. The van der Waals surface area contributed by atoms with Crippen LogP contribution in [-0.4, -0.2) is 38.5 Å². The van der Waals surface area contributed by atoms with Gasteiger partial charge >= 0.3 is 6.18 Å². The number of piperidine rings is 1. The van der Waals surface area contributed by atoms with Crippen LogP contribution in [0.25, 0.3) is 0 Å². The van der Waals surface area contributed by atoms with Crippen molar-refractivity contribution in [1.82, 2.24) is 4.31 Å². The van der Waals surface area contributed by atoms with Gasteiger partial charge in [-0.05, 0) is 37.9 Å². The second kappa shape index (κ2) is 6.23. The lowest BCUT2D eigenvalue weighted by molar-refractivity contribution is -0.182. The van der Waals surface area contributed by atoms with Crippen molar-refractivity contribution in [2.45, 2.75) is 29.6 Å². The molecule has 1 atom stereocenters. The predicted molar refractivity (Wildman–Crippen MR) is 74.6 cm³/mol. The Balaban J connectivity index is 2.18. The number of rotatable bonds is 4. The molecule has 1 saturated heterocycles. The smallest absolute Gasteiger partial charge is 0.330 e. The van der Waals surface area contributed by atoms with E-state index in [1.807, 2.05) is 0 Å². The number of alkyl halides is 3. The van der Waals surface area contributed by atoms with Gasteiger partial charge in [-0.15, -0.1) is 11.3 Å². The molecule has 2 heterocycles. The third kappa shape index (κ3) is 3.77. The van der Waals surface area contributed by atoms with Gasteiger partial charge < -0.3 is 5.73 Å². The number of thiophene rings is 1. The van der Waals surface area contributed by atoms with E-state index in [1.165, 1.54) is 6.07 Å². The molecule has 0 aliphatic carbocycles. The molecule has 1 aromatic rings. The molecule has 4 nitrogen and oxygen atoms in total. The molecule has 0 amide bonds. The minimum atomic E-state index is -4.35. The molecule has 0 radical (unpaired) electrons. The van der Waals surface area contributed by atoms with Crippen LogP contribution in [0.4, 0.5) is 13.2 Å². The Kier molecular flexibility index (Phi) is 4.96. The number of hydrogen-bond acceptors (Lipinski definition) is 4. The molecule has 1 aliphatic rings. The normalized spacial score (nSPS) is 21.6. The zero-order valence-electron chi connectivity index (χ0n) is 11.3. The first kappa shape index (κ1) is 16.7. The quantitative estimate of drug-likeness (QED) is 0.912. The van der Waals surface area contributed by atoms with Gasteiger partial charge in [-0.1, -0.05) is 0 Å². The van der Waals surface area contributed by atoms with E-state index >= 15 is 0 Å². The van der Waals surface area contributed by atoms with Crippen molar-refractivity contribution >= 4 is 21.4 Å². The van der Waals surface area contributed by atoms with Gasteiger partial charge in [-0.25, -0.2) is 8.42 Å². The molecule has 120 valence electrons. The highest BCUT2D eigenvalue weighted by Crippen LogP contribution is 2.35. The Morgan fingerprint density at radius 2 is 2.10 bits per heavy atom. The van der Waals surface area contributed by atoms with Crippen LogP contribution in [0.5, 0.6) is 0 Å². The number of nitrogens with two attached hydrogens (primary N) is 1. The van der Waals surface area contributed by atoms with Gasteiger partial charge in [0.05, 0.1) is 5.92 Å². The first-order valence-corrected chi connectivity index (χ1v) is 8.86. The first-order chi connectivity index (χ1) is 9.75. The number of halogens is 3. The van der Waals surface area contributed by atoms with E-state index in [0.29, 0.717) is 13.0 Å². The first-order valence-electron chi connectivity index (χ1n) is 6.61. The molecule has 2 N–H and O–H groups in total. The van der Waals surface area contributed by atoms with Crippen molar-refractivity contribution in [2.75, 3.05) is 19.6 Å². The van der Waals surface area contributed by atoms with Gasteiger partial charge in [0.1, 0.15) is 4.21 Å². The molecule has 21 heavy (non-hydrogen) atoms. The van der Waals surface area contributed by atoms with E-state index in [9.17, 15) is 21.6 Å². The Labute approximate surface area is 125 Å². The largest absolute Gasteiger partial charge is 0.393 e. The Hall–Kier alpha value is -0.640. The van der Waals surface area contributed by atoms with Crippen LogP contribution in [0.1, 0.15) is 17.7 Å². The average molecular weight is 342 g/mol. The zero-order valence-corrected chi connectivity index (χ0v) is 12.9. The molecular formula is C12H17F3N2O2S2. The van der Waals surface area contributed by atoms with Crippen LogP contribution in [0.3, 0.4) is 0 Å². The fourth-order valence-electron chi connectivity index (χ4n) is 2.33. The number of nitrogens with zero attached hydrogens (tertiary/aromatic N) is 1. The van der Waals surface area contributed by atoms with Crippen LogP contribution in [0.15, 0.2) is 16.3 Å². The Morgan fingerprint density at radius 3 is 2.71 bits per heavy atom. The van der Waals surface area contributed by atoms with Crippen molar-refractivity contribution in [3.63, 3.8) is 0 Å². The van der Waals surface area contributed by atoms with Gasteiger partial charge in [0.2, 0.25) is 0 Å². The minimum Gasteiger partial charge on any atom is -0.330 e. The summed E-state index contributed by atoms with van der Waals surface area (Å²) in [5.41, 5.74) is 5.41. The second-order valence-corrected chi connectivity index (χ2v) is 8.34.